The molecule has 12 heavy (non-hydrogen) atoms. The standard InChI is InChI=1S/C6H10N2OS.C2H6/c1-6(2,9)5-8-3-4(7)10-5;1-2/h3,9H,7H2,1-2H3;1-2H3. The van der Waals surface area contributed by atoms with Crippen LogP contribution >= 0.6 is 11.3 Å². The van der Waals surface area contributed by atoms with E-state index in [1.54, 1.807) is 20.0 Å². The number of nitrogen functional groups attached to an aromatic ring is 1. The van der Waals surface area contributed by atoms with E-state index < -0.39 is 5.60 Å². The fraction of sp³-hybridized carbons (Fsp3) is 0.625. The summed E-state index contributed by atoms with van der Waals surface area (Å²) >= 11 is 1.31. The molecule has 0 spiro atoms. The van der Waals surface area contributed by atoms with Gasteiger partial charge in [-0.15, -0.1) is 0 Å². The summed E-state index contributed by atoms with van der Waals surface area (Å²) in [6.45, 7) is 7.37. The monoisotopic (exact) mass is 188 g/mol. The summed E-state index contributed by atoms with van der Waals surface area (Å²) in [5.41, 5.74) is 4.56. The van der Waals surface area contributed by atoms with Gasteiger partial charge >= 0.3 is 0 Å². The highest BCUT2D eigenvalue weighted by Crippen LogP contribution is 2.25. The molecule has 0 amide bonds. The lowest BCUT2D eigenvalue weighted by Crippen LogP contribution is -2.14. The Morgan fingerprint density at radius 2 is 2.00 bits per heavy atom. The van der Waals surface area contributed by atoms with E-state index in [0.717, 1.165) is 0 Å². The average Bonchev–Trinajstić information content (AvgIpc) is 2.39. The van der Waals surface area contributed by atoms with Crippen LogP contribution in [0.5, 0.6) is 0 Å². The van der Waals surface area contributed by atoms with Crippen LogP contribution in [0.25, 0.3) is 0 Å². The van der Waals surface area contributed by atoms with E-state index in [4.69, 9.17) is 5.73 Å². The van der Waals surface area contributed by atoms with Crippen molar-refractivity contribution < 1.29 is 5.11 Å². The molecule has 0 atom stereocenters. The van der Waals surface area contributed by atoms with Crippen LogP contribution in [0.4, 0.5) is 5.00 Å². The molecule has 0 fully saturated rings. The van der Waals surface area contributed by atoms with Gasteiger partial charge in [0.05, 0.1) is 6.20 Å². The van der Waals surface area contributed by atoms with Gasteiger partial charge in [0.1, 0.15) is 15.6 Å². The number of nitrogens with two attached hydrogens (primary N) is 1. The van der Waals surface area contributed by atoms with Crippen molar-refractivity contribution in [2.45, 2.75) is 33.3 Å². The minimum absolute atomic E-state index is 0.636. The van der Waals surface area contributed by atoms with Crippen molar-refractivity contribution in [3.05, 3.63) is 11.2 Å². The van der Waals surface area contributed by atoms with E-state index >= 15 is 0 Å². The predicted molar refractivity (Wildman–Crippen MR) is 53.1 cm³/mol. The number of aromatic nitrogens is 1. The predicted octanol–water partition coefficient (Wildman–Crippen LogP) is 1.98. The topological polar surface area (TPSA) is 59.1 Å². The zero-order chi connectivity index (χ0) is 9.78. The van der Waals surface area contributed by atoms with Crippen molar-refractivity contribution in [3.63, 3.8) is 0 Å². The van der Waals surface area contributed by atoms with Gasteiger partial charge in [-0.05, 0) is 13.8 Å². The second-order valence-corrected chi connectivity index (χ2v) is 3.69. The number of rotatable bonds is 1. The second-order valence-electron chi connectivity index (χ2n) is 2.63. The first kappa shape index (κ1) is 11.4. The number of aliphatic hydroxyl groups is 1. The first-order valence-corrected chi connectivity index (χ1v) is 4.76. The molecule has 0 bridgehead atoms. The van der Waals surface area contributed by atoms with E-state index in [9.17, 15) is 5.11 Å². The normalized spacial score (nSPS) is 10.4. The first-order chi connectivity index (χ1) is 5.50. The Morgan fingerprint density at radius 3 is 2.17 bits per heavy atom. The third-order valence-electron chi connectivity index (χ3n) is 1.05. The van der Waals surface area contributed by atoms with Crippen LogP contribution in [0.15, 0.2) is 6.20 Å². The maximum atomic E-state index is 9.39. The Morgan fingerprint density at radius 1 is 1.50 bits per heavy atom. The lowest BCUT2D eigenvalue weighted by Gasteiger charge is -2.11. The molecule has 70 valence electrons. The largest absolute Gasteiger partial charge is 0.389 e. The zero-order valence-electron chi connectivity index (χ0n) is 7.96. The minimum Gasteiger partial charge on any atom is -0.389 e. The second kappa shape index (κ2) is 4.42. The van der Waals surface area contributed by atoms with Crippen molar-refractivity contribution in [1.82, 2.24) is 4.98 Å². The zero-order valence-corrected chi connectivity index (χ0v) is 8.77. The quantitative estimate of drug-likeness (QED) is 0.708. The third kappa shape index (κ3) is 3.19. The Kier molecular flexibility index (Phi) is 4.20. The summed E-state index contributed by atoms with van der Waals surface area (Å²) in [4.78, 5) is 3.93. The molecule has 4 heteroatoms. The molecule has 0 saturated heterocycles. The third-order valence-corrected chi connectivity index (χ3v) is 2.19. The number of nitrogens with zero attached hydrogens (tertiary/aromatic N) is 1. The fourth-order valence-electron chi connectivity index (χ4n) is 0.569. The van der Waals surface area contributed by atoms with E-state index in [2.05, 4.69) is 4.98 Å². The number of thiazole rings is 1. The van der Waals surface area contributed by atoms with Gasteiger partial charge in [-0.1, -0.05) is 25.2 Å². The van der Waals surface area contributed by atoms with Gasteiger partial charge in [-0.3, -0.25) is 0 Å². The molecular formula is C8H16N2OS. The van der Waals surface area contributed by atoms with Crippen LogP contribution in [0.3, 0.4) is 0 Å². The van der Waals surface area contributed by atoms with Crippen LogP contribution in [0, 0.1) is 0 Å². The van der Waals surface area contributed by atoms with Gasteiger partial charge in [0, 0.05) is 0 Å². The number of anilines is 1. The summed E-state index contributed by atoms with van der Waals surface area (Å²) in [5.74, 6) is 0. The van der Waals surface area contributed by atoms with Crippen LogP contribution in [-0.2, 0) is 5.60 Å². The Hall–Kier alpha value is -0.610. The molecule has 3 nitrogen and oxygen atoms in total. The molecule has 0 unspecified atom stereocenters. The first-order valence-electron chi connectivity index (χ1n) is 3.94. The summed E-state index contributed by atoms with van der Waals surface area (Å²) in [7, 11) is 0. The maximum absolute atomic E-state index is 9.39. The van der Waals surface area contributed by atoms with Gasteiger partial charge < -0.3 is 10.8 Å². The molecule has 0 saturated carbocycles. The molecular weight excluding hydrogens is 172 g/mol. The van der Waals surface area contributed by atoms with Crippen molar-refractivity contribution in [1.29, 1.82) is 0 Å². The van der Waals surface area contributed by atoms with Crippen LogP contribution in [-0.4, -0.2) is 10.1 Å². The van der Waals surface area contributed by atoms with E-state index in [1.807, 2.05) is 13.8 Å². The van der Waals surface area contributed by atoms with Gasteiger partial charge in [0.15, 0.2) is 0 Å². The lowest BCUT2D eigenvalue weighted by atomic mass is 10.2. The summed E-state index contributed by atoms with van der Waals surface area (Å²) in [5, 5.41) is 10.7. The SMILES string of the molecule is CC.CC(C)(O)c1ncc(N)s1. The van der Waals surface area contributed by atoms with Crippen molar-refractivity contribution in [3.8, 4) is 0 Å². The molecule has 0 aliphatic carbocycles. The van der Waals surface area contributed by atoms with E-state index in [-0.39, 0.29) is 0 Å². The van der Waals surface area contributed by atoms with E-state index in [1.165, 1.54) is 11.3 Å². The highest BCUT2D eigenvalue weighted by Gasteiger charge is 2.19. The molecule has 0 aliphatic heterocycles. The van der Waals surface area contributed by atoms with Crippen molar-refractivity contribution >= 4 is 16.3 Å². The molecule has 3 N–H and O–H groups in total. The molecule has 1 heterocycles. The molecule has 0 aliphatic rings. The maximum Gasteiger partial charge on any atom is 0.126 e. The van der Waals surface area contributed by atoms with Crippen LogP contribution < -0.4 is 5.73 Å². The minimum atomic E-state index is -0.859. The Bertz CT molecular complexity index is 227. The highest BCUT2D eigenvalue weighted by atomic mass is 32.1. The summed E-state index contributed by atoms with van der Waals surface area (Å²) in [6.07, 6.45) is 1.55. The summed E-state index contributed by atoms with van der Waals surface area (Å²) in [6, 6.07) is 0. The average molecular weight is 188 g/mol. The van der Waals surface area contributed by atoms with Gasteiger partial charge in [-0.2, -0.15) is 0 Å². The molecule has 1 rings (SSSR count). The smallest absolute Gasteiger partial charge is 0.126 e. The van der Waals surface area contributed by atoms with Crippen LogP contribution in [0.1, 0.15) is 32.7 Å². The molecule has 0 aromatic carbocycles. The lowest BCUT2D eigenvalue weighted by molar-refractivity contribution is 0.0783. The van der Waals surface area contributed by atoms with Gasteiger partial charge in [0.25, 0.3) is 0 Å². The Balaban J connectivity index is 0.000000561. The fourth-order valence-corrected chi connectivity index (χ4v) is 1.25. The van der Waals surface area contributed by atoms with E-state index in [0.29, 0.717) is 10.0 Å². The summed E-state index contributed by atoms with van der Waals surface area (Å²) < 4.78 is 0. The number of hydrogen-bond donors (Lipinski definition) is 2. The molecule has 0 radical (unpaired) electrons. The molecule has 1 aromatic heterocycles. The van der Waals surface area contributed by atoms with Gasteiger partial charge in [-0.25, -0.2) is 4.98 Å². The highest BCUT2D eigenvalue weighted by molar-refractivity contribution is 7.15. The number of hydrogen-bond acceptors (Lipinski definition) is 4. The molecule has 1 aromatic rings. The van der Waals surface area contributed by atoms with Crippen LogP contribution in [0.2, 0.25) is 0 Å². The van der Waals surface area contributed by atoms with Crippen molar-refractivity contribution in [2.75, 3.05) is 5.73 Å². The Labute approximate surface area is 77.3 Å². The van der Waals surface area contributed by atoms with Gasteiger partial charge in [0.2, 0.25) is 0 Å². The van der Waals surface area contributed by atoms with Crippen molar-refractivity contribution in [2.24, 2.45) is 0 Å².